The molecule has 0 radical (unpaired) electrons. The molecule has 0 bridgehead atoms. The lowest BCUT2D eigenvalue weighted by Crippen LogP contribution is -2.46. The van der Waals surface area contributed by atoms with Crippen molar-refractivity contribution in [1.82, 2.24) is 9.71 Å². The molecule has 142 valence electrons. The highest BCUT2D eigenvalue weighted by Crippen LogP contribution is 2.28. The van der Waals surface area contributed by atoms with Gasteiger partial charge in [-0.05, 0) is 70.7 Å². The Morgan fingerprint density at radius 2 is 1.81 bits per heavy atom. The molecule has 2 aromatic rings. The van der Waals surface area contributed by atoms with E-state index >= 15 is 0 Å². The molecule has 0 saturated heterocycles. The van der Waals surface area contributed by atoms with E-state index in [0.29, 0.717) is 25.7 Å². The third kappa shape index (κ3) is 4.10. The van der Waals surface area contributed by atoms with Crippen molar-refractivity contribution < 1.29 is 13.2 Å². The van der Waals surface area contributed by atoms with Crippen molar-refractivity contribution in [3.63, 3.8) is 0 Å². The third-order valence-corrected chi connectivity index (χ3v) is 7.30. The van der Waals surface area contributed by atoms with Crippen molar-refractivity contribution in [2.45, 2.75) is 57.2 Å². The van der Waals surface area contributed by atoms with Gasteiger partial charge in [-0.2, -0.15) is 0 Å². The highest BCUT2D eigenvalue weighted by molar-refractivity contribution is 7.90. The van der Waals surface area contributed by atoms with Crippen molar-refractivity contribution >= 4 is 32.5 Å². The molecule has 3 N–H and O–H groups in total. The van der Waals surface area contributed by atoms with Crippen LogP contribution in [-0.2, 0) is 14.8 Å². The standard InChI is InChI=1S/C19H27N3O3S/c1-19(2,3)26(24,25)22-15-6-4-13(5-7-15)18(23)21-16-8-9-17-14(12-16)10-11-20-17/h8-13,15,20,22H,4-7H2,1-3H3,(H,21,23)/t13-,15-. The molecule has 1 heterocycles. The van der Waals surface area contributed by atoms with E-state index < -0.39 is 14.8 Å². The largest absolute Gasteiger partial charge is 0.361 e. The van der Waals surface area contributed by atoms with E-state index in [4.69, 9.17) is 0 Å². The molecule has 3 rings (SSSR count). The summed E-state index contributed by atoms with van der Waals surface area (Å²) in [6, 6.07) is 7.67. The fourth-order valence-electron chi connectivity index (χ4n) is 3.25. The van der Waals surface area contributed by atoms with Crippen molar-refractivity contribution in [3.8, 4) is 0 Å². The number of hydrogen-bond acceptors (Lipinski definition) is 3. The fraction of sp³-hybridized carbons (Fsp3) is 0.526. The van der Waals surface area contributed by atoms with Gasteiger partial charge in [0.1, 0.15) is 0 Å². The normalized spacial score (nSPS) is 21.7. The molecule has 7 heteroatoms. The Bertz CT molecular complexity index is 888. The van der Waals surface area contributed by atoms with E-state index in [1.807, 2.05) is 30.5 Å². The smallest absolute Gasteiger partial charge is 0.227 e. The molecule has 1 fully saturated rings. The van der Waals surface area contributed by atoms with Gasteiger partial charge in [-0.25, -0.2) is 13.1 Å². The number of rotatable bonds is 4. The van der Waals surface area contributed by atoms with E-state index in [1.165, 1.54) is 0 Å². The van der Waals surface area contributed by atoms with Gasteiger partial charge < -0.3 is 10.3 Å². The number of aromatic nitrogens is 1. The zero-order chi connectivity index (χ0) is 18.9. The molecule has 0 spiro atoms. The highest BCUT2D eigenvalue weighted by atomic mass is 32.2. The molecule has 1 aliphatic rings. The van der Waals surface area contributed by atoms with Crippen LogP contribution >= 0.6 is 0 Å². The van der Waals surface area contributed by atoms with Crippen LogP contribution in [0.4, 0.5) is 5.69 Å². The summed E-state index contributed by atoms with van der Waals surface area (Å²) < 4.78 is 26.5. The molecule has 6 nitrogen and oxygen atoms in total. The Labute approximate surface area is 154 Å². The lowest BCUT2D eigenvalue weighted by molar-refractivity contribution is -0.120. The van der Waals surface area contributed by atoms with Crippen LogP contribution in [0.3, 0.4) is 0 Å². The molecule has 1 aliphatic carbocycles. The number of fused-ring (bicyclic) bond motifs is 1. The maximum Gasteiger partial charge on any atom is 0.227 e. The summed E-state index contributed by atoms with van der Waals surface area (Å²) in [5.41, 5.74) is 1.83. The number of anilines is 1. The van der Waals surface area contributed by atoms with Gasteiger partial charge in [0.25, 0.3) is 0 Å². The second kappa shape index (κ2) is 7.04. The SMILES string of the molecule is CC(C)(C)S(=O)(=O)N[C@H]1CC[C@H](C(=O)Nc2ccc3[nH]ccc3c2)CC1. The van der Waals surface area contributed by atoms with Gasteiger partial charge in [0, 0.05) is 34.7 Å². The molecule has 26 heavy (non-hydrogen) atoms. The molecule has 0 atom stereocenters. The Hall–Kier alpha value is -1.86. The van der Waals surface area contributed by atoms with Crippen LogP contribution in [0.2, 0.25) is 0 Å². The molecule has 0 unspecified atom stereocenters. The van der Waals surface area contributed by atoms with Crippen LogP contribution in [0.5, 0.6) is 0 Å². The second-order valence-electron chi connectivity index (χ2n) is 8.05. The van der Waals surface area contributed by atoms with Crippen LogP contribution < -0.4 is 10.0 Å². The minimum atomic E-state index is -3.35. The first-order valence-corrected chi connectivity index (χ1v) is 10.5. The number of carbonyl (C=O) groups is 1. The van der Waals surface area contributed by atoms with E-state index in [-0.39, 0.29) is 17.9 Å². The lowest BCUT2D eigenvalue weighted by Gasteiger charge is -2.30. The predicted molar refractivity (Wildman–Crippen MR) is 104 cm³/mol. The maximum absolute atomic E-state index is 12.5. The molecule has 1 saturated carbocycles. The quantitative estimate of drug-likeness (QED) is 0.763. The molecular weight excluding hydrogens is 350 g/mol. The van der Waals surface area contributed by atoms with Crippen molar-refractivity contribution in [2.24, 2.45) is 5.92 Å². The van der Waals surface area contributed by atoms with Gasteiger partial charge in [0.15, 0.2) is 0 Å². The van der Waals surface area contributed by atoms with E-state index in [2.05, 4.69) is 15.0 Å². The molecule has 1 aromatic carbocycles. The summed E-state index contributed by atoms with van der Waals surface area (Å²) in [4.78, 5) is 15.7. The Morgan fingerprint density at radius 1 is 1.12 bits per heavy atom. The molecule has 0 aliphatic heterocycles. The van der Waals surface area contributed by atoms with E-state index in [1.54, 1.807) is 20.8 Å². The molecular formula is C19H27N3O3S. The minimum absolute atomic E-state index is 0.0111. The zero-order valence-electron chi connectivity index (χ0n) is 15.5. The zero-order valence-corrected chi connectivity index (χ0v) is 16.3. The summed E-state index contributed by atoms with van der Waals surface area (Å²) in [5.74, 6) is -0.0654. The number of benzene rings is 1. The molecule has 1 amide bonds. The first-order valence-electron chi connectivity index (χ1n) is 9.05. The van der Waals surface area contributed by atoms with E-state index in [0.717, 1.165) is 16.6 Å². The first kappa shape index (κ1) is 18.9. The van der Waals surface area contributed by atoms with Gasteiger partial charge in [0.2, 0.25) is 15.9 Å². The van der Waals surface area contributed by atoms with Crippen molar-refractivity contribution in [2.75, 3.05) is 5.32 Å². The summed E-state index contributed by atoms with van der Waals surface area (Å²) in [6.45, 7) is 5.07. The number of H-pyrrole nitrogens is 1. The van der Waals surface area contributed by atoms with Crippen molar-refractivity contribution in [3.05, 3.63) is 30.5 Å². The number of sulfonamides is 1. The maximum atomic E-state index is 12.5. The Kier molecular flexibility index (Phi) is 5.12. The van der Waals surface area contributed by atoms with Crippen LogP contribution in [0.1, 0.15) is 46.5 Å². The Morgan fingerprint density at radius 3 is 2.46 bits per heavy atom. The number of carbonyl (C=O) groups excluding carboxylic acids is 1. The van der Waals surface area contributed by atoms with Crippen LogP contribution in [-0.4, -0.2) is 30.1 Å². The minimum Gasteiger partial charge on any atom is -0.361 e. The average molecular weight is 378 g/mol. The van der Waals surface area contributed by atoms with Crippen LogP contribution in [0.15, 0.2) is 30.5 Å². The average Bonchev–Trinajstić information content (AvgIpc) is 3.01. The summed E-state index contributed by atoms with van der Waals surface area (Å²) >= 11 is 0. The van der Waals surface area contributed by atoms with Gasteiger partial charge in [-0.3, -0.25) is 4.79 Å². The first-order chi connectivity index (χ1) is 12.2. The number of aromatic amines is 1. The van der Waals surface area contributed by atoms with Gasteiger partial charge >= 0.3 is 0 Å². The fourth-order valence-corrected chi connectivity index (χ4v) is 4.27. The lowest BCUT2D eigenvalue weighted by atomic mass is 9.86. The monoisotopic (exact) mass is 377 g/mol. The van der Waals surface area contributed by atoms with Gasteiger partial charge in [-0.1, -0.05) is 0 Å². The Balaban J connectivity index is 1.55. The number of nitrogens with one attached hydrogen (secondary N) is 3. The second-order valence-corrected chi connectivity index (χ2v) is 10.5. The van der Waals surface area contributed by atoms with Gasteiger partial charge in [-0.15, -0.1) is 0 Å². The van der Waals surface area contributed by atoms with Gasteiger partial charge in [0.05, 0.1) is 4.75 Å². The van der Waals surface area contributed by atoms with E-state index in [9.17, 15) is 13.2 Å². The summed E-state index contributed by atoms with van der Waals surface area (Å²) in [7, 11) is -3.35. The number of hydrogen-bond donors (Lipinski definition) is 3. The third-order valence-electron chi connectivity index (χ3n) is 5.05. The predicted octanol–water partition coefficient (Wildman–Crippen LogP) is 3.38. The molecule has 1 aromatic heterocycles. The summed E-state index contributed by atoms with van der Waals surface area (Å²) in [6.07, 6.45) is 4.62. The van der Waals surface area contributed by atoms with Crippen LogP contribution in [0, 0.1) is 5.92 Å². The number of amides is 1. The highest BCUT2D eigenvalue weighted by Gasteiger charge is 2.34. The van der Waals surface area contributed by atoms with Crippen LogP contribution in [0.25, 0.3) is 10.9 Å². The van der Waals surface area contributed by atoms with Crippen molar-refractivity contribution in [1.29, 1.82) is 0 Å². The topological polar surface area (TPSA) is 91.1 Å². The summed E-state index contributed by atoms with van der Waals surface area (Å²) in [5, 5.41) is 4.05.